The van der Waals surface area contributed by atoms with Crippen LogP contribution in [0.3, 0.4) is 0 Å². The van der Waals surface area contributed by atoms with E-state index in [1.54, 1.807) is 20.8 Å². The number of hydrogen-bond acceptors (Lipinski definition) is 4. The lowest BCUT2D eigenvalue weighted by Gasteiger charge is -2.24. The van der Waals surface area contributed by atoms with Crippen molar-refractivity contribution in [3.63, 3.8) is 0 Å². The summed E-state index contributed by atoms with van der Waals surface area (Å²) in [5.41, 5.74) is -0.897. The zero-order valence-corrected chi connectivity index (χ0v) is 13.6. The summed E-state index contributed by atoms with van der Waals surface area (Å²) < 4.78 is 4.97. The summed E-state index contributed by atoms with van der Waals surface area (Å²) in [5.74, 6) is -1.67. The fourth-order valence-electron chi connectivity index (χ4n) is 1.52. The molecule has 0 rings (SSSR count). The number of amides is 2. The van der Waals surface area contributed by atoms with Gasteiger partial charge in [0, 0.05) is 0 Å². The molecule has 0 heterocycles. The molecule has 0 aliphatic rings. The maximum Gasteiger partial charge on any atom is 0.408 e. The summed E-state index contributed by atoms with van der Waals surface area (Å²) in [7, 11) is 0. The molecule has 0 bridgehead atoms. The Bertz CT molecular complexity index is 393. The zero-order valence-electron chi connectivity index (χ0n) is 13.6. The number of carboxylic acid groups (broad SMARTS) is 1. The van der Waals surface area contributed by atoms with Gasteiger partial charge in [-0.25, -0.2) is 9.59 Å². The Morgan fingerprint density at radius 1 is 1.10 bits per heavy atom. The van der Waals surface area contributed by atoms with Gasteiger partial charge in [0.25, 0.3) is 0 Å². The van der Waals surface area contributed by atoms with Gasteiger partial charge in [-0.15, -0.1) is 0 Å². The molecule has 122 valence electrons. The van der Waals surface area contributed by atoms with Crippen molar-refractivity contribution < 1.29 is 24.2 Å². The Hall–Kier alpha value is -1.79. The average Bonchev–Trinajstić information content (AvgIpc) is 2.21. The van der Waals surface area contributed by atoms with Crippen LogP contribution in [0, 0.1) is 5.41 Å². The van der Waals surface area contributed by atoms with Crippen molar-refractivity contribution in [2.24, 2.45) is 5.41 Å². The van der Waals surface area contributed by atoms with Crippen LogP contribution in [-0.4, -0.2) is 41.3 Å². The van der Waals surface area contributed by atoms with E-state index < -0.39 is 29.6 Å². The number of ether oxygens (including phenoxy) is 1. The molecule has 7 heteroatoms. The number of alkyl carbamates (subject to hydrolysis) is 1. The van der Waals surface area contributed by atoms with Gasteiger partial charge in [0.2, 0.25) is 5.91 Å². The molecule has 0 fully saturated rings. The maximum absolute atomic E-state index is 11.7. The SMILES string of the molecule is CC(C)(C)C[C@H](NC(=O)CNC(=O)OC(C)(C)C)C(=O)O. The number of hydrogen-bond donors (Lipinski definition) is 3. The van der Waals surface area contributed by atoms with E-state index in [-0.39, 0.29) is 12.0 Å². The summed E-state index contributed by atoms with van der Waals surface area (Å²) in [6, 6.07) is -0.988. The Balaban J connectivity index is 4.34. The van der Waals surface area contributed by atoms with Gasteiger partial charge in [-0.05, 0) is 32.6 Å². The quantitative estimate of drug-likeness (QED) is 0.714. The van der Waals surface area contributed by atoms with Crippen LogP contribution in [0.15, 0.2) is 0 Å². The summed E-state index contributed by atoms with van der Waals surface area (Å²) in [4.78, 5) is 34.2. The van der Waals surface area contributed by atoms with E-state index >= 15 is 0 Å². The average molecular weight is 302 g/mol. The van der Waals surface area contributed by atoms with Gasteiger partial charge < -0.3 is 20.5 Å². The predicted molar refractivity (Wildman–Crippen MR) is 77.9 cm³/mol. The van der Waals surface area contributed by atoms with Gasteiger partial charge in [-0.2, -0.15) is 0 Å². The van der Waals surface area contributed by atoms with Crippen molar-refractivity contribution in [1.82, 2.24) is 10.6 Å². The Morgan fingerprint density at radius 3 is 2.00 bits per heavy atom. The second-order valence-corrected chi connectivity index (χ2v) is 7.08. The molecule has 0 aliphatic heterocycles. The van der Waals surface area contributed by atoms with Gasteiger partial charge in [0.05, 0.1) is 0 Å². The molecule has 2 amide bonds. The largest absolute Gasteiger partial charge is 0.480 e. The van der Waals surface area contributed by atoms with E-state index in [0.717, 1.165) is 0 Å². The molecule has 0 aromatic rings. The molecule has 1 atom stereocenters. The second-order valence-electron chi connectivity index (χ2n) is 7.08. The molecule has 0 spiro atoms. The van der Waals surface area contributed by atoms with Crippen LogP contribution in [-0.2, 0) is 14.3 Å². The lowest BCUT2D eigenvalue weighted by atomic mass is 9.88. The lowest BCUT2D eigenvalue weighted by Crippen LogP contribution is -2.47. The van der Waals surface area contributed by atoms with Crippen molar-refractivity contribution >= 4 is 18.0 Å². The number of carbonyl (C=O) groups excluding carboxylic acids is 2. The number of carbonyl (C=O) groups is 3. The summed E-state index contributed by atoms with van der Waals surface area (Å²) in [6.07, 6.45) is -0.430. The minimum atomic E-state index is -1.10. The van der Waals surface area contributed by atoms with Crippen LogP contribution in [0.25, 0.3) is 0 Å². The third-order valence-electron chi connectivity index (χ3n) is 2.24. The van der Waals surface area contributed by atoms with Gasteiger partial charge in [-0.3, -0.25) is 4.79 Å². The highest BCUT2D eigenvalue weighted by molar-refractivity contribution is 5.86. The molecule has 0 saturated carbocycles. The molecule has 0 aromatic carbocycles. The third-order valence-corrected chi connectivity index (χ3v) is 2.24. The number of aliphatic carboxylic acids is 1. The first-order valence-electron chi connectivity index (χ1n) is 6.79. The van der Waals surface area contributed by atoms with Crippen LogP contribution in [0.1, 0.15) is 48.0 Å². The fourth-order valence-corrected chi connectivity index (χ4v) is 1.52. The first-order valence-corrected chi connectivity index (χ1v) is 6.79. The van der Waals surface area contributed by atoms with Crippen molar-refractivity contribution in [2.75, 3.05) is 6.54 Å². The van der Waals surface area contributed by atoms with Gasteiger partial charge in [0.1, 0.15) is 18.2 Å². The van der Waals surface area contributed by atoms with Gasteiger partial charge >= 0.3 is 12.1 Å². The number of carboxylic acids is 1. The lowest BCUT2D eigenvalue weighted by molar-refractivity contribution is -0.142. The minimum Gasteiger partial charge on any atom is -0.480 e. The summed E-state index contributed by atoms with van der Waals surface area (Å²) >= 11 is 0. The highest BCUT2D eigenvalue weighted by Crippen LogP contribution is 2.20. The first-order chi connectivity index (χ1) is 9.30. The number of rotatable bonds is 5. The van der Waals surface area contributed by atoms with E-state index in [2.05, 4.69) is 10.6 Å². The minimum absolute atomic E-state index is 0.241. The van der Waals surface area contributed by atoms with Crippen molar-refractivity contribution in [3.8, 4) is 0 Å². The molecule has 7 nitrogen and oxygen atoms in total. The van der Waals surface area contributed by atoms with E-state index in [1.165, 1.54) is 0 Å². The Labute approximate surface area is 125 Å². The fraction of sp³-hybridized carbons (Fsp3) is 0.786. The third kappa shape index (κ3) is 10.6. The van der Waals surface area contributed by atoms with E-state index in [0.29, 0.717) is 6.42 Å². The molecular weight excluding hydrogens is 276 g/mol. The van der Waals surface area contributed by atoms with E-state index in [1.807, 2.05) is 20.8 Å². The van der Waals surface area contributed by atoms with Crippen LogP contribution in [0.2, 0.25) is 0 Å². The molecule has 21 heavy (non-hydrogen) atoms. The van der Waals surface area contributed by atoms with Crippen molar-refractivity contribution in [2.45, 2.75) is 59.6 Å². The standard InChI is InChI=1S/C14H26N2O5/c1-13(2,3)7-9(11(18)19)16-10(17)8-15-12(20)21-14(4,5)6/h9H,7-8H2,1-6H3,(H,15,20)(H,16,17)(H,18,19)/t9-/m0/s1. The molecule has 0 aromatic heterocycles. The summed E-state index contributed by atoms with van der Waals surface area (Å²) in [5, 5.41) is 13.8. The zero-order chi connectivity index (χ0) is 16.8. The Morgan fingerprint density at radius 2 is 1.62 bits per heavy atom. The number of nitrogens with one attached hydrogen (secondary N) is 2. The molecule has 0 saturated heterocycles. The second kappa shape index (κ2) is 7.28. The topological polar surface area (TPSA) is 105 Å². The van der Waals surface area contributed by atoms with Crippen LogP contribution in [0.4, 0.5) is 4.79 Å². The van der Waals surface area contributed by atoms with Gasteiger partial charge in [-0.1, -0.05) is 20.8 Å². The van der Waals surface area contributed by atoms with E-state index in [9.17, 15) is 14.4 Å². The molecule has 0 unspecified atom stereocenters. The summed E-state index contributed by atoms with van der Waals surface area (Å²) in [6.45, 7) is 10.4. The van der Waals surface area contributed by atoms with Crippen LogP contribution < -0.4 is 10.6 Å². The predicted octanol–water partition coefficient (Wildman–Crippen LogP) is 1.52. The highest BCUT2D eigenvalue weighted by Gasteiger charge is 2.26. The molecule has 0 aliphatic carbocycles. The molecule has 0 radical (unpaired) electrons. The van der Waals surface area contributed by atoms with Crippen LogP contribution in [0.5, 0.6) is 0 Å². The maximum atomic E-state index is 11.7. The van der Waals surface area contributed by atoms with Gasteiger partial charge in [0.15, 0.2) is 0 Å². The highest BCUT2D eigenvalue weighted by atomic mass is 16.6. The normalized spacial score (nSPS) is 13.2. The molecular formula is C14H26N2O5. The first kappa shape index (κ1) is 19.2. The molecule has 3 N–H and O–H groups in total. The van der Waals surface area contributed by atoms with Crippen LogP contribution >= 0.6 is 0 Å². The van der Waals surface area contributed by atoms with E-state index in [4.69, 9.17) is 9.84 Å². The monoisotopic (exact) mass is 302 g/mol. The van der Waals surface area contributed by atoms with Crippen molar-refractivity contribution in [1.29, 1.82) is 0 Å². The van der Waals surface area contributed by atoms with Crippen molar-refractivity contribution in [3.05, 3.63) is 0 Å². The smallest absolute Gasteiger partial charge is 0.408 e. The Kier molecular flexibility index (Phi) is 6.66.